The first-order valence-electron chi connectivity index (χ1n) is 13.9. The fraction of sp³-hybridized carbons (Fsp3) is 0.529. The van der Waals surface area contributed by atoms with E-state index in [1.807, 2.05) is 0 Å². The Morgan fingerprint density at radius 3 is 2.60 bits per heavy atom. The fourth-order valence-corrected chi connectivity index (χ4v) is 8.32. The third-order valence-corrected chi connectivity index (χ3v) is 10.6. The van der Waals surface area contributed by atoms with Crippen molar-refractivity contribution in [1.82, 2.24) is 0 Å². The molecule has 4 aliphatic rings. The van der Waals surface area contributed by atoms with E-state index in [1.165, 1.54) is 70.2 Å². The largest absolute Gasteiger partial charge is 0.399 e. The Bertz CT molecular complexity index is 1220. The van der Waals surface area contributed by atoms with Gasteiger partial charge >= 0.3 is 0 Å². The molecule has 1 nitrogen and oxygen atoms in total. The lowest BCUT2D eigenvalue weighted by Gasteiger charge is -2.57. The maximum Gasteiger partial charge on any atom is 0.0309 e. The Balaban J connectivity index is 1.78. The summed E-state index contributed by atoms with van der Waals surface area (Å²) in [7, 11) is 0. The third-order valence-electron chi connectivity index (χ3n) is 10.6. The summed E-state index contributed by atoms with van der Waals surface area (Å²) in [5, 5.41) is 0. The van der Waals surface area contributed by atoms with Gasteiger partial charge in [0.2, 0.25) is 0 Å². The highest BCUT2D eigenvalue weighted by Gasteiger charge is 2.54. The lowest BCUT2D eigenvalue weighted by atomic mass is 9.46. The fourth-order valence-electron chi connectivity index (χ4n) is 8.32. The van der Waals surface area contributed by atoms with Crippen LogP contribution in [0.5, 0.6) is 0 Å². The predicted octanol–water partition coefficient (Wildman–Crippen LogP) is 8.95. The van der Waals surface area contributed by atoms with Crippen molar-refractivity contribution < 1.29 is 0 Å². The number of allylic oxidation sites excluding steroid dienone is 7. The molecule has 4 unspecified atom stereocenters. The summed E-state index contributed by atoms with van der Waals surface area (Å²) in [5.74, 6) is 1.16. The second kappa shape index (κ2) is 8.39. The Labute approximate surface area is 214 Å². The summed E-state index contributed by atoms with van der Waals surface area (Å²) in [5.41, 5.74) is 22.3. The third kappa shape index (κ3) is 3.48. The highest BCUT2D eigenvalue weighted by molar-refractivity contribution is 5.89. The van der Waals surface area contributed by atoms with E-state index >= 15 is 0 Å². The Hall–Kier alpha value is -2.28. The maximum atomic E-state index is 6.84. The van der Waals surface area contributed by atoms with Crippen LogP contribution in [0.2, 0.25) is 0 Å². The summed E-state index contributed by atoms with van der Waals surface area (Å²) >= 11 is 0. The zero-order valence-corrected chi connectivity index (χ0v) is 23.0. The zero-order chi connectivity index (χ0) is 25.3. The molecule has 2 N–H and O–H groups in total. The summed E-state index contributed by atoms with van der Waals surface area (Å²) in [4.78, 5) is 0. The molecule has 4 bridgehead atoms. The minimum atomic E-state index is 0.120. The minimum Gasteiger partial charge on any atom is -0.399 e. The first kappa shape index (κ1) is 24.4. The van der Waals surface area contributed by atoms with Gasteiger partial charge in [-0.1, -0.05) is 83.0 Å². The molecule has 186 valence electrons. The SMILES string of the molecule is C=C(CCCCC)c1ccc2c3c1CC1(C)CC4C(C)C(C)=C(CC4(C)C(C)=C1C3=C)C(N)=CC2. The van der Waals surface area contributed by atoms with Crippen molar-refractivity contribution in [1.29, 1.82) is 0 Å². The van der Waals surface area contributed by atoms with Gasteiger partial charge in [-0.25, -0.2) is 0 Å². The van der Waals surface area contributed by atoms with Crippen LogP contribution in [-0.2, 0) is 12.8 Å². The molecule has 1 heteroatoms. The predicted molar refractivity (Wildman–Crippen MR) is 152 cm³/mol. The van der Waals surface area contributed by atoms with Gasteiger partial charge in [0.25, 0.3) is 0 Å². The molecule has 0 aliphatic heterocycles. The van der Waals surface area contributed by atoms with E-state index in [9.17, 15) is 0 Å². The quantitative estimate of drug-likeness (QED) is 0.430. The molecular weight excluding hydrogens is 422 g/mol. The average Bonchev–Trinajstić information content (AvgIpc) is 2.81. The first-order valence-corrected chi connectivity index (χ1v) is 13.9. The molecule has 0 saturated heterocycles. The van der Waals surface area contributed by atoms with Crippen molar-refractivity contribution in [3.63, 3.8) is 0 Å². The van der Waals surface area contributed by atoms with Crippen molar-refractivity contribution in [3.8, 4) is 0 Å². The van der Waals surface area contributed by atoms with Crippen LogP contribution in [0.1, 0.15) is 102 Å². The monoisotopic (exact) mass is 467 g/mol. The molecule has 0 radical (unpaired) electrons. The van der Waals surface area contributed by atoms with Gasteiger partial charge in [0.1, 0.15) is 0 Å². The second-order valence-corrected chi connectivity index (χ2v) is 12.6. The Morgan fingerprint density at radius 1 is 1.14 bits per heavy atom. The van der Waals surface area contributed by atoms with Gasteiger partial charge in [-0.2, -0.15) is 0 Å². The zero-order valence-electron chi connectivity index (χ0n) is 23.0. The lowest BCUT2D eigenvalue weighted by molar-refractivity contribution is 0.0874. The number of unbranched alkanes of at least 4 members (excludes halogenated alkanes) is 2. The molecule has 0 aromatic heterocycles. The topological polar surface area (TPSA) is 26.0 Å². The van der Waals surface area contributed by atoms with Gasteiger partial charge in [-0.3, -0.25) is 0 Å². The molecular formula is C34H45N. The van der Waals surface area contributed by atoms with Crippen molar-refractivity contribution in [3.05, 3.63) is 81.6 Å². The van der Waals surface area contributed by atoms with Gasteiger partial charge in [0.05, 0.1) is 0 Å². The number of benzene rings is 1. The van der Waals surface area contributed by atoms with E-state index < -0.39 is 0 Å². The summed E-state index contributed by atoms with van der Waals surface area (Å²) in [6, 6.07) is 4.70. The maximum absolute atomic E-state index is 6.84. The molecule has 35 heavy (non-hydrogen) atoms. The van der Waals surface area contributed by atoms with Gasteiger partial charge in [0, 0.05) is 5.70 Å². The molecule has 0 fully saturated rings. The Kier molecular flexibility index (Phi) is 5.86. The van der Waals surface area contributed by atoms with E-state index in [0.29, 0.717) is 11.8 Å². The minimum absolute atomic E-state index is 0.120. The molecule has 4 atom stereocenters. The first-order chi connectivity index (χ1) is 16.5. The molecule has 0 amide bonds. The lowest BCUT2D eigenvalue weighted by Crippen LogP contribution is -2.48. The summed E-state index contributed by atoms with van der Waals surface area (Å²) < 4.78 is 0. The average molecular weight is 468 g/mol. The van der Waals surface area contributed by atoms with Gasteiger partial charge < -0.3 is 5.73 Å². The number of nitrogens with two attached hydrogens (primary N) is 1. The van der Waals surface area contributed by atoms with Crippen LogP contribution in [-0.4, -0.2) is 0 Å². The molecule has 5 rings (SSSR count). The van der Waals surface area contributed by atoms with Crippen LogP contribution < -0.4 is 5.73 Å². The van der Waals surface area contributed by atoms with Crippen LogP contribution in [0.3, 0.4) is 0 Å². The van der Waals surface area contributed by atoms with Crippen molar-refractivity contribution in [2.75, 3.05) is 0 Å². The van der Waals surface area contributed by atoms with Crippen molar-refractivity contribution >= 4 is 11.1 Å². The molecule has 4 aliphatic carbocycles. The van der Waals surface area contributed by atoms with E-state index in [0.717, 1.165) is 31.4 Å². The van der Waals surface area contributed by atoms with E-state index in [4.69, 9.17) is 12.3 Å². The van der Waals surface area contributed by atoms with Gasteiger partial charge in [-0.15, -0.1) is 0 Å². The number of fused-ring (bicyclic) bond motifs is 1. The molecule has 0 saturated carbocycles. The van der Waals surface area contributed by atoms with Gasteiger partial charge in [-0.05, 0) is 120 Å². The van der Waals surface area contributed by atoms with Gasteiger partial charge in [0.15, 0.2) is 0 Å². The van der Waals surface area contributed by atoms with E-state index in [1.54, 1.807) is 11.1 Å². The van der Waals surface area contributed by atoms with Crippen LogP contribution in [0, 0.1) is 22.7 Å². The molecule has 1 aromatic rings. The van der Waals surface area contributed by atoms with Crippen molar-refractivity contribution in [2.24, 2.45) is 28.4 Å². The number of hydrogen-bond donors (Lipinski definition) is 1. The van der Waals surface area contributed by atoms with Crippen LogP contribution in [0.15, 0.2) is 59.4 Å². The smallest absolute Gasteiger partial charge is 0.0309 e. The van der Waals surface area contributed by atoms with E-state index in [2.05, 4.69) is 66.3 Å². The second-order valence-electron chi connectivity index (χ2n) is 12.6. The van der Waals surface area contributed by atoms with E-state index in [-0.39, 0.29) is 10.8 Å². The van der Waals surface area contributed by atoms with Crippen molar-refractivity contribution in [2.45, 2.75) is 92.9 Å². The summed E-state index contributed by atoms with van der Waals surface area (Å²) in [6.07, 6.45) is 11.3. The molecule has 1 aromatic carbocycles. The molecule has 0 spiro atoms. The summed E-state index contributed by atoms with van der Waals surface area (Å²) in [6.45, 7) is 24.0. The standard InChI is InChI=1S/C34H45N/c1-9-10-11-12-20(2)26-15-13-25-14-16-30(35)27-18-34(8)24(6)32-23(5)31(25)28(26)17-33(32,7)19-29(34)22(4)21(27)3/h13,15-16,22,29H,2,5,9-12,14,17-19,35H2,1,3-4,6-8H3. The number of rotatable bonds is 5. The normalized spacial score (nSPS) is 31.6. The highest BCUT2D eigenvalue weighted by atomic mass is 14.6. The highest BCUT2D eigenvalue weighted by Crippen LogP contribution is 2.65. The Morgan fingerprint density at radius 2 is 1.89 bits per heavy atom. The van der Waals surface area contributed by atoms with Crippen LogP contribution in [0.25, 0.3) is 11.1 Å². The van der Waals surface area contributed by atoms with Crippen LogP contribution in [0.4, 0.5) is 0 Å². The number of hydrogen-bond acceptors (Lipinski definition) is 1. The molecule has 0 heterocycles. The van der Waals surface area contributed by atoms with Crippen LogP contribution >= 0.6 is 0 Å².